The van der Waals surface area contributed by atoms with Crippen LogP contribution in [0.3, 0.4) is 0 Å². The first-order valence-corrected chi connectivity index (χ1v) is 7.23. The summed E-state index contributed by atoms with van der Waals surface area (Å²) in [6.07, 6.45) is 3.47. The Morgan fingerprint density at radius 1 is 1.21 bits per heavy atom. The van der Waals surface area contributed by atoms with Crippen LogP contribution in [0.4, 0.5) is 0 Å². The largest absolute Gasteiger partial charge is 0.385 e. The monoisotopic (exact) mass is 263 g/mol. The Hall–Kier alpha value is -0.900. The van der Waals surface area contributed by atoms with Crippen LogP contribution in [0.1, 0.15) is 45.1 Å². The van der Waals surface area contributed by atoms with E-state index in [-0.39, 0.29) is 0 Å². The molecule has 3 N–H and O–H groups in total. The Kier molecular flexibility index (Phi) is 4.29. The lowest BCUT2D eigenvalue weighted by molar-refractivity contribution is -0.0160. The minimum atomic E-state index is -0.812. The SMILES string of the molecule is CCC(O)(CCNC(C)(O)C1CC1)c1ccccc1. The molecule has 1 fully saturated rings. The molecule has 1 aliphatic carbocycles. The fraction of sp³-hybridized carbons (Fsp3) is 0.625. The molecule has 2 atom stereocenters. The van der Waals surface area contributed by atoms with Crippen molar-refractivity contribution in [2.75, 3.05) is 6.54 Å². The van der Waals surface area contributed by atoms with Gasteiger partial charge < -0.3 is 10.2 Å². The van der Waals surface area contributed by atoms with Gasteiger partial charge >= 0.3 is 0 Å². The van der Waals surface area contributed by atoms with Gasteiger partial charge in [0.25, 0.3) is 0 Å². The maximum atomic E-state index is 10.7. The van der Waals surface area contributed by atoms with Gasteiger partial charge in [0.05, 0.1) is 5.60 Å². The van der Waals surface area contributed by atoms with Gasteiger partial charge in [-0.1, -0.05) is 37.3 Å². The fourth-order valence-electron chi connectivity index (χ4n) is 2.59. The molecule has 0 heterocycles. The van der Waals surface area contributed by atoms with Gasteiger partial charge in [-0.25, -0.2) is 0 Å². The summed E-state index contributed by atoms with van der Waals surface area (Å²) in [6, 6.07) is 9.77. The van der Waals surface area contributed by atoms with Crippen LogP contribution in [0.25, 0.3) is 0 Å². The van der Waals surface area contributed by atoms with Crippen molar-refractivity contribution in [3.8, 4) is 0 Å². The quantitative estimate of drug-likeness (QED) is 0.662. The summed E-state index contributed by atoms with van der Waals surface area (Å²) in [5.74, 6) is 0.374. The molecule has 3 heteroatoms. The van der Waals surface area contributed by atoms with Crippen LogP contribution in [0.2, 0.25) is 0 Å². The zero-order chi connectivity index (χ0) is 13.9. The molecular weight excluding hydrogens is 238 g/mol. The Bertz CT molecular complexity index is 400. The minimum absolute atomic E-state index is 0.374. The Morgan fingerprint density at radius 2 is 1.84 bits per heavy atom. The molecule has 19 heavy (non-hydrogen) atoms. The predicted octanol–water partition coefficient (Wildman–Crippen LogP) is 2.38. The third-order valence-corrected chi connectivity index (χ3v) is 4.29. The van der Waals surface area contributed by atoms with E-state index < -0.39 is 11.3 Å². The average Bonchev–Trinajstić information content (AvgIpc) is 3.24. The molecule has 0 amide bonds. The number of aliphatic hydroxyl groups is 2. The molecule has 0 aliphatic heterocycles. The first-order chi connectivity index (χ1) is 8.98. The standard InChI is InChI=1S/C16H25NO2/c1-3-16(19,14-7-5-4-6-8-14)11-12-17-15(2,18)13-9-10-13/h4-8,13,17-19H,3,9-12H2,1-2H3. The van der Waals surface area contributed by atoms with Gasteiger partial charge in [0.1, 0.15) is 5.72 Å². The van der Waals surface area contributed by atoms with Gasteiger partial charge in [-0.05, 0) is 38.2 Å². The van der Waals surface area contributed by atoms with Crippen molar-refractivity contribution >= 4 is 0 Å². The molecule has 0 saturated heterocycles. The molecule has 0 bridgehead atoms. The fourth-order valence-corrected chi connectivity index (χ4v) is 2.59. The molecule has 0 aromatic heterocycles. The minimum Gasteiger partial charge on any atom is -0.385 e. The number of rotatable bonds is 7. The molecule has 0 radical (unpaired) electrons. The van der Waals surface area contributed by atoms with Crippen molar-refractivity contribution in [1.82, 2.24) is 5.32 Å². The second kappa shape index (κ2) is 5.61. The highest BCUT2D eigenvalue weighted by Crippen LogP contribution is 2.38. The third kappa shape index (κ3) is 3.56. The first kappa shape index (κ1) is 14.5. The maximum Gasteiger partial charge on any atom is 0.116 e. The van der Waals surface area contributed by atoms with E-state index in [1.165, 1.54) is 0 Å². The summed E-state index contributed by atoms with van der Waals surface area (Å²) in [7, 11) is 0. The number of nitrogens with one attached hydrogen (secondary N) is 1. The molecular formula is C16H25NO2. The van der Waals surface area contributed by atoms with Crippen molar-refractivity contribution in [1.29, 1.82) is 0 Å². The van der Waals surface area contributed by atoms with Crippen molar-refractivity contribution in [3.05, 3.63) is 35.9 Å². The number of hydrogen-bond acceptors (Lipinski definition) is 3. The first-order valence-electron chi connectivity index (χ1n) is 7.23. The lowest BCUT2D eigenvalue weighted by atomic mass is 9.88. The second-order valence-corrected chi connectivity index (χ2v) is 5.85. The van der Waals surface area contributed by atoms with Gasteiger partial charge in [-0.3, -0.25) is 5.32 Å². The number of benzene rings is 1. The summed E-state index contributed by atoms with van der Waals surface area (Å²) in [6.45, 7) is 4.44. The van der Waals surface area contributed by atoms with E-state index in [0.29, 0.717) is 25.3 Å². The van der Waals surface area contributed by atoms with Crippen molar-refractivity contribution in [2.24, 2.45) is 5.92 Å². The van der Waals surface area contributed by atoms with Gasteiger partial charge in [0, 0.05) is 12.5 Å². The zero-order valence-corrected chi connectivity index (χ0v) is 11.9. The highest BCUT2D eigenvalue weighted by molar-refractivity contribution is 5.22. The topological polar surface area (TPSA) is 52.5 Å². The van der Waals surface area contributed by atoms with Gasteiger partial charge in [0.2, 0.25) is 0 Å². The molecule has 106 valence electrons. The van der Waals surface area contributed by atoms with Gasteiger partial charge in [0.15, 0.2) is 0 Å². The maximum absolute atomic E-state index is 10.7. The smallest absolute Gasteiger partial charge is 0.116 e. The van der Waals surface area contributed by atoms with E-state index in [2.05, 4.69) is 5.32 Å². The Balaban J connectivity index is 1.92. The predicted molar refractivity (Wildman–Crippen MR) is 76.6 cm³/mol. The van der Waals surface area contributed by atoms with Crippen LogP contribution in [-0.2, 0) is 5.60 Å². The molecule has 2 unspecified atom stereocenters. The van der Waals surface area contributed by atoms with E-state index in [4.69, 9.17) is 0 Å². The summed E-state index contributed by atoms with van der Waals surface area (Å²) in [5.41, 5.74) is -0.649. The zero-order valence-electron chi connectivity index (χ0n) is 11.9. The van der Waals surface area contributed by atoms with Crippen LogP contribution >= 0.6 is 0 Å². The molecule has 0 spiro atoms. The summed E-state index contributed by atoms with van der Waals surface area (Å²) < 4.78 is 0. The van der Waals surface area contributed by atoms with Crippen LogP contribution in [-0.4, -0.2) is 22.5 Å². The Morgan fingerprint density at radius 3 is 2.37 bits per heavy atom. The van der Waals surface area contributed by atoms with Crippen LogP contribution in [0.5, 0.6) is 0 Å². The molecule has 1 aliphatic rings. The van der Waals surface area contributed by atoms with E-state index >= 15 is 0 Å². The molecule has 3 nitrogen and oxygen atoms in total. The Labute approximate surface area is 115 Å². The van der Waals surface area contributed by atoms with E-state index in [1.54, 1.807) is 0 Å². The van der Waals surface area contributed by atoms with Gasteiger partial charge in [-0.15, -0.1) is 0 Å². The summed E-state index contributed by atoms with van der Waals surface area (Å²) >= 11 is 0. The highest BCUT2D eigenvalue weighted by atomic mass is 16.3. The molecule has 1 aromatic rings. The highest BCUT2D eigenvalue weighted by Gasteiger charge is 2.39. The van der Waals surface area contributed by atoms with Crippen LogP contribution < -0.4 is 5.32 Å². The lowest BCUT2D eigenvalue weighted by Gasteiger charge is -2.30. The van der Waals surface area contributed by atoms with E-state index in [0.717, 1.165) is 18.4 Å². The number of hydrogen-bond donors (Lipinski definition) is 3. The van der Waals surface area contributed by atoms with E-state index in [1.807, 2.05) is 44.2 Å². The van der Waals surface area contributed by atoms with Crippen molar-refractivity contribution < 1.29 is 10.2 Å². The second-order valence-electron chi connectivity index (χ2n) is 5.85. The van der Waals surface area contributed by atoms with Crippen LogP contribution in [0.15, 0.2) is 30.3 Å². The average molecular weight is 263 g/mol. The normalized spacial score (nSPS) is 21.7. The van der Waals surface area contributed by atoms with Crippen molar-refractivity contribution in [3.63, 3.8) is 0 Å². The van der Waals surface area contributed by atoms with Crippen LogP contribution in [0, 0.1) is 5.92 Å². The summed E-state index contributed by atoms with van der Waals surface area (Å²) in [4.78, 5) is 0. The summed E-state index contributed by atoms with van der Waals surface area (Å²) in [5, 5.41) is 24.1. The van der Waals surface area contributed by atoms with Gasteiger partial charge in [-0.2, -0.15) is 0 Å². The lowest BCUT2D eigenvalue weighted by Crippen LogP contribution is -2.46. The van der Waals surface area contributed by atoms with E-state index in [9.17, 15) is 10.2 Å². The third-order valence-electron chi connectivity index (χ3n) is 4.29. The molecule has 2 rings (SSSR count). The molecule has 1 aromatic carbocycles. The van der Waals surface area contributed by atoms with Crippen molar-refractivity contribution in [2.45, 2.75) is 50.9 Å². The molecule has 1 saturated carbocycles.